The first-order chi connectivity index (χ1) is 14.7. The Labute approximate surface area is 184 Å². The molecule has 4 aliphatic carbocycles. The van der Waals surface area contributed by atoms with Crippen molar-refractivity contribution in [2.45, 2.75) is 65.4 Å². The van der Waals surface area contributed by atoms with Crippen molar-refractivity contribution >= 4 is 17.5 Å². The average molecular weight is 431 g/mol. The van der Waals surface area contributed by atoms with Gasteiger partial charge in [-0.25, -0.2) is 0 Å². The molecular formula is C25H34O6. The normalized spacial score (nSPS) is 39.0. The van der Waals surface area contributed by atoms with Gasteiger partial charge in [-0.05, 0) is 61.9 Å². The number of carbonyl (C=O) groups excluding carboxylic acids is 3. The van der Waals surface area contributed by atoms with E-state index >= 15 is 0 Å². The van der Waals surface area contributed by atoms with E-state index in [2.05, 4.69) is 19.9 Å². The van der Waals surface area contributed by atoms with E-state index < -0.39 is 12.1 Å². The van der Waals surface area contributed by atoms with Crippen LogP contribution in [0, 0.1) is 28.6 Å². The summed E-state index contributed by atoms with van der Waals surface area (Å²) in [5, 5.41) is 0. The van der Waals surface area contributed by atoms with Crippen molar-refractivity contribution in [1.29, 1.82) is 0 Å². The second kappa shape index (κ2) is 8.28. The Morgan fingerprint density at radius 2 is 1.97 bits per heavy atom. The Morgan fingerprint density at radius 1 is 1.19 bits per heavy atom. The van der Waals surface area contributed by atoms with E-state index in [1.165, 1.54) is 18.1 Å². The minimum atomic E-state index is -0.469. The monoisotopic (exact) mass is 430 g/mol. The van der Waals surface area contributed by atoms with Crippen molar-refractivity contribution in [2.24, 2.45) is 28.6 Å². The van der Waals surface area contributed by atoms with Gasteiger partial charge in [0.25, 0.3) is 0 Å². The molecule has 2 saturated carbocycles. The van der Waals surface area contributed by atoms with Gasteiger partial charge in [-0.15, -0.1) is 0 Å². The van der Waals surface area contributed by atoms with Crippen molar-refractivity contribution in [1.82, 2.24) is 0 Å². The molecule has 0 heterocycles. The second-order valence-corrected chi connectivity index (χ2v) is 10.2. The largest absolute Gasteiger partial charge is 0.458 e. The van der Waals surface area contributed by atoms with Gasteiger partial charge in [-0.2, -0.15) is 0 Å². The summed E-state index contributed by atoms with van der Waals surface area (Å²) in [6.07, 6.45) is 9.02. The van der Waals surface area contributed by atoms with Crippen molar-refractivity contribution in [2.75, 3.05) is 20.5 Å². The third kappa shape index (κ3) is 3.72. The lowest BCUT2D eigenvalue weighted by Crippen LogP contribution is -2.48. The fraction of sp³-hybridized carbons (Fsp3) is 0.720. The van der Waals surface area contributed by atoms with E-state index in [1.807, 2.05) is 6.08 Å². The van der Waals surface area contributed by atoms with Crippen LogP contribution in [0.1, 0.15) is 59.3 Å². The molecule has 0 aliphatic heterocycles. The Balaban J connectivity index is 1.59. The number of methoxy groups -OCH3 is 1. The number of fused-ring (bicyclic) bond motifs is 5. The number of Topliss-reactive ketones (excluding diaryl/α,β-unsaturated/α-hetero) is 1. The van der Waals surface area contributed by atoms with E-state index in [1.54, 1.807) is 7.11 Å². The lowest BCUT2D eigenvalue weighted by Gasteiger charge is -2.54. The first-order valence-electron chi connectivity index (χ1n) is 11.4. The van der Waals surface area contributed by atoms with Crippen LogP contribution in [-0.2, 0) is 28.6 Å². The van der Waals surface area contributed by atoms with Gasteiger partial charge in [0.15, 0.2) is 11.6 Å². The minimum Gasteiger partial charge on any atom is -0.458 e. The molecule has 0 amide bonds. The van der Waals surface area contributed by atoms with Crippen LogP contribution in [0.5, 0.6) is 0 Å². The zero-order valence-electron chi connectivity index (χ0n) is 19.1. The highest BCUT2D eigenvalue weighted by atomic mass is 16.7. The van der Waals surface area contributed by atoms with Gasteiger partial charge in [0.1, 0.15) is 19.5 Å². The van der Waals surface area contributed by atoms with Gasteiger partial charge in [-0.1, -0.05) is 31.1 Å². The number of ketones is 2. The number of esters is 1. The van der Waals surface area contributed by atoms with Gasteiger partial charge in [0.2, 0.25) is 0 Å². The molecule has 1 unspecified atom stereocenters. The lowest BCUT2D eigenvalue weighted by atomic mass is 9.51. The van der Waals surface area contributed by atoms with Crippen molar-refractivity contribution < 1.29 is 28.6 Å². The summed E-state index contributed by atoms with van der Waals surface area (Å²) < 4.78 is 15.8. The number of allylic oxidation sites excluding steroid dienone is 3. The van der Waals surface area contributed by atoms with E-state index in [4.69, 9.17) is 14.2 Å². The number of hydrogen-bond acceptors (Lipinski definition) is 6. The maximum atomic E-state index is 12.9. The van der Waals surface area contributed by atoms with Gasteiger partial charge in [-0.3, -0.25) is 14.4 Å². The molecule has 0 saturated heterocycles. The summed E-state index contributed by atoms with van der Waals surface area (Å²) >= 11 is 0. The molecule has 0 aromatic heterocycles. The molecule has 2 fully saturated rings. The SMILES string of the molecule is COCOC1C[C@@]2(C)C(=CC1=O)CC[C@@H]1C2=CC[C@]2(C)[C@@H](C(=O)COC(C)=O)CC[C@@H]12. The molecular weight excluding hydrogens is 396 g/mol. The van der Waals surface area contributed by atoms with Crippen molar-refractivity contribution in [3.8, 4) is 0 Å². The van der Waals surface area contributed by atoms with Crippen LogP contribution in [0.2, 0.25) is 0 Å². The fourth-order valence-corrected chi connectivity index (χ4v) is 6.99. The zero-order valence-corrected chi connectivity index (χ0v) is 19.1. The highest BCUT2D eigenvalue weighted by molar-refractivity contribution is 5.96. The van der Waals surface area contributed by atoms with Crippen molar-refractivity contribution in [3.05, 3.63) is 23.3 Å². The van der Waals surface area contributed by atoms with Crippen LogP contribution in [0.3, 0.4) is 0 Å². The molecule has 0 bridgehead atoms. The molecule has 6 nitrogen and oxygen atoms in total. The van der Waals surface area contributed by atoms with E-state index in [-0.39, 0.29) is 41.7 Å². The highest BCUT2D eigenvalue weighted by Gasteiger charge is 2.58. The predicted octanol–water partition coefficient (Wildman–Crippen LogP) is 3.79. The Bertz CT molecular complexity index is 841. The summed E-state index contributed by atoms with van der Waals surface area (Å²) in [6, 6.07) is 0. The van der Waals surface area contributed by atoms with Crippen LogP contribution >= 0.6 is 0 Å². The third-order valence-electron chi connectivity index (χ3n) is 8.55. The molecule has 0 aromatic rings. The third-order valence-corrected chi connectivity index (χ3v) is 8.55. The molecule has 0 aromatic carbocycles. The maximum absolute atomic E-state index is 12.9. The number of carbonyl (C=O) groups is 3. The summed E-state index contributed by atoms with van der Waals surface area (Å²) in [4.78, 5) is 36.6. The van der Waals surface area contributed by atoms with Gasteiger partial charge in [0, 0.05) is 25.4 Å². The quantitative estimate of drug-likeness (QED) is 0.362. The zero-order chi connectivity index (χ0) is 22.4. The summed E-state index contributed by atoms with van der Waals surface area (Å²) in [5.74, 6) is 0.481. The molecule has 170 valence electrons. The van der Waals surface area contributed by atoms with Gasteiger partial charge >= 0.3 is 5.97 Å². The predicted molar refractivity (Wildman–Crippen MR) is 114 cm³/mol. The molecule has 6 atom stereocenters. The van der Waals surface area contributed by atoms with Gasteiger partial charge in [0.05, 0.1) is 0 Å². The minimum absolute atomic E-state index is 0.0428. The van der Waals surface area contributed by atoms with Gasteiger partial charge < -0.3 is 14.2 Å². The number of rotatable bonds is 6. The summed E-state index contributed by atoms with van der Waals surface area (Å²) in [5.41, 5.74) is 2.39. The topological polar surface area (TPSA) is 78.9 Å². The van der Waals surface area contributed by atoms with Crippen LogP contribution in [0.15, 0.2) is 23.3 Å². The smallest absolute Gasteiger partial charge is 0.303 e. The highest BCUT2D eigenvalue weighted by Crippen LogP contribution is 2.64. The van der Waals surface area contributed by atoms with E-state index in [0.29, 0.717) is 18.3 Å². The molecule has 0 N–H and O–H groups in total. The van der Waals surface area contributed by atoms with Crippen molar-refractivity contribution in [3.63, 3.8) is 0 Å². The Morgan fingerprint density at radius 3 is 2.68 bits per heavy atom. The van der Waals surface area contributed by atoms with E-state index in [0.717, 1.165) is 32.1 Å². The Hall–Kier alpha value is -1.79. The Kier molecular flexibility index (Phi) is 5.99. The van der Waals surface area contributed by atoms with Crippen LogP contribution < -0.4 is 0 Å². The molecule has 0 radical (unpaired) electrons. The molecule has 4 rings (SSSR count). The average Bonchev–Trinajstić information content (AvgIpc) is 3.08. The molecule has 6 heteroatoms. The van der Waals surface area contributed by atoms with Crippen LogP contribution in [-0.4, -0.2) is 44.1 Å². The molecule has 4 aliphatic rings. The maximum Gasteiger partial charge on any atom is 0.303 e. The van der Waals surface area contributed by atoms with Crippen LogP contribution in [0.4, 0.5) is 0 Å². The first-order valence-corrected chi connectivity index (χ1v) is 11.4. The molecule has 31 heavy (non-hydrogen) atoms. The van der Waals surface area contributed by atoms with E-state index in [9.17, 15) is 14.4 Å². The molecule has 0 spiro atoms. The summed E-state index contributed by atoms with van der Waals surface area (Å²) in [7, 11) is 1.57. The standard InChI is InChI=1S/C25H34O6/c1-15(26)30-13-22(28)20-8-7-18-17-6-5-16-11-21(27)23(31-14-29-4)12-25(16,3)19(17)9-10-24(18,20)2/h9,11,17-18,20,23H,5-8,10,12-14H2,1-4H3/t17-,18-,20+,23?,24-,25-/m0/s1. The van der Waals surface area contributed by atoms with Crippen LogP contribution in [0.25, 0.3) is 0 Å². The summed E-state index contributed by atoms with van der Waals surface area (Å²) in [6.45, 7) is 5.85. The number of ether oxygens (including phenoxy) is 3. The number of hydrogen-bond donors (Lipinski definition) is 0. The first kappa shape index (κ1) is 22.4. The lowest BCUT2D eigenvalue weighted by molar-refractivity contribution is -0.148. The second-order valence-electron chi connectivity index (χ2n) is 10.2. The fourth-order valence-electron chi connectivity index (χ4n) is 6.99.